The minimum atomic E-state index is 0.444. The first-order valence-corrected chi connectivity index (χ1v) is 7.55. The molecular weight excluding hydrogens is 372 g/mol. The van der Waals surface area contributed by atoms with Crippen molar-refractivity contribution in [2.75, 3.05) is 11.9 Å². The third kappa shape index (κ3) is 4.21. The minimum Gasteiger partial charge on any atom is -0.486 e. The van der Waals surface area contributed by atoms with E-state index in [4.69, 9.17) is 4.74 Å². The number of benzene rings is 1. The molecule has 1 aromatic carbocycles. The Bertz CT molecular complexity index is 561. The van der Waals surface area contributed by atoms with E-state index in [1.165, 1.54) is 0 Å². The van der Waals surface area contributed by atoms with Crippen molar-refractivity contribution in [3.05, 3.63) is 51.0 Å². The summed E-state index contributed by atoms with van der Waals surface area (Å²) < 4.78 is 7.69. The monoisotopic (exact) mass is 384 g/mol. The molecule has 2 rings (SSSR count). The molecule has 0 aliphatic heterocycles. The summed E-state index contributed by atoms with van der Waals surface area (Å²) >= 11 is 6.89. The van der Waals surface area contributed by atoms with Crippen LogP contribution in [0.4, 0.5) is 5.82 Å². The third-order valence-corrected chi connectivity index (χ3v) is 3.55. The Morgan fingerprint density at radius 3 is 2.79 bits per heavy atom. The molecule has 3 nitrogen and oxygen atoms in total. The number of ether oxygens (including phenoxy) is 1. The van der Waals surface area contributed by atoms with Crippen molar-refractivity contribution in [2.24, 2.45) is 0 Å². The molecule has 2 aromatic rings. The van der Waals surface area contributed by atoms with Gasteiger partial charge < -0.3 is 10.1 Å². The molecule has 1 aromatic heterocycles. The van der Waals surface area contributed by atoms with E-state index in [-0.39, 0.29) is 0 Å². The number of hydrogen-bond donors (Lipinski definition) is 1. The van der Waals surface area contributed by atoms with E-state index in [9.17, 15) is 0 Å². The number of halogens is 2. The minimum absolute atomic E-state index is 0.444. The van der Waals surface area contributed by atoms with E-state index >= 15 is 0 Å². The number of rotatable bonds is 5. The summed E-state index contributed by atoms with van der Waals surface area (Å²) in [6.45, 7) is 3.35. The third-order valence-electron chi connectivity index (χ3n) is 2.43. The molecule has 100 valence electrons. The first-order valence-electron chi connectivity index (χ1n) is 5.96. The fourth-order valence-electron chi connectivity index (χ4n) is 1.58. The molecule has 0 atom stereocenters. The van der Waals surface area contributed by atoms with E-state index in [0.29, 0.717) is 6.61 Å². The van der Waals surface area contributed by atoms with E-state index in [0.717, 1.165) is 32.8 Å². The number of nitrogens with zero attached hydrogens (tertiary/aromatic N) is 1. The van der Waals surface area contributed by atoms with Gasteiger partial charge in [0.05, 0.1) is 10.2 Å². The largest absolute Gasteiger partial charge is 0.486 e. The topological polar surface area (TPSA) is 34.1 Å². The van der Waals surface area contributed by atoms with E-state index in [1.54, 1.807) is 0 Å². The molecule has 1 N–H and O–H groups in total. The fraction of sp³-hybridized carbons (Fsp3) is 0.214. The SMILES string of the molecule is CCNc1cccc(COc2ccc(Br)cc2Br)n1. The van der Waals surface area contributed by atoms with Gasteiger partial charge >= 0.3 is 0 Å². The highest BCUT2D eigenvalue weighted by molar-refractivity contribution is 9.11. The molecule has 1 heterocycles. The van der Waals surface area contributed by atoms with Crippen LogP contribution in [0.1, 0.15) is 12.6 Å². The highest BCUT2D eigenvalue weighted by Crippen LogP contribution is 2.28. The second kappa shape index (κ2) is 6.91. The lowest BCUT2D eigenvalue weighted by Crippen LogP contribution is -2.03. The van der Waals surface area contributed by atoms with Gasteiger partial charge in [0.25, 0.3) is 0 Å². The predicted molar refractivity (Wildman–Crippen MR) is 84.6 cm³/mol. The Hall–Kier alpha value is -1.07. The van der Waals surface area contributed by atoms with E-state index < -0.39 is 0 Å². The van der Waals surface area contributed by atoms with Crippen molar-refractivity contribution in [1.29, 1.82) is 0 Å². The van der Waals surface area contributed by atoms with Crippen LogP contribution in [0.15, 0.2) is 45.3 Å². The normalized spacial score (nSPS) is 10.3. The zero-order chi connectivity index (χ0) is 13.7. The molecule has 19 heavy (non-hydrogen) atoms. The van der Waals surface area contributed by atoms with Gasteiger partial charge in [-0.3, -0.25) is 0 Å². The first-order chi connectivity index (χ1) is 9.19. The highest BCUT2D eigenvalue weighted by atomic mass is 79.9. The standard InChI is InChI=1S/C14H14Br2N2O/c1-2-17-14-5-3-4-11(18-14)9-19-13-7-6-10(15)8-12(13)16/h3-8H,2,9H2,1H3,(H,17,18). The van der Waals surface area contributed by atoms with Crippen LogP contribution >= 0.6 is 31.9 Å². The Morgan fingerprint density at radius 1 is 1.21 bits per heavy atom. The first kappa shape index (κ1) is 14.3. The van der Waals surface area contributed by atoms with Gasteiger partial charge in [-0.05, 0) is 53.2 Å². The smallest absolute Gasteiger partial charge is 0.134 e. The lowest BCUT2D eigenvalue weighted by molar-refractivity contribution is 0.299. The van der Waals surface area contributed by atoms with Crippen molar-refractivity contribution in [3.8, 4) is 5.75 Å². The molecule has 0 bridgehead atoms. The van der Waals surface area contributed by atoms with Crippen LogP contribution in [0.5, 0.6) is 5.75 Å². The zero-order valence-corrected chi connectivity index (χ0v) is 13.7. The summed E-state index contributed by atoms with van der Waals surface area (Å²) in [6.07, 6.45) is 0. The maximum atomic E-state index is 5.75. The molecule has 0 aliphatic rings. The fourth-order valence-corrected chi connectivity index (χ4v) is 2.75. The van der Waals surface area contributed by atoms with Crippen LogP contribution in [0.25, 0.3) is 0 Å². The van der Waals surface area contributed by atoms with Crippen LogP contribution in [-0.4, -0.2) is 11.5 Å². The van der Waals surface area contributed by atoms with Crippen molar-refractivity contribution in [1.82, 2.24) is 4.98 Å². The van der Waals surface area contributed by atoms with Crippen LogP contribution in [0.3, 0.4) is 0 Å². The molecule has 0 saturated heterocycles. The lowest BCUT2D eigenvalue weighted by Gasteiger charge is -2.09. The van der Waals surface area contributed by atoms with Crippen LogP contribution < -0.4 is 10.1 Å². The number of hydrogen-bond acceptors (Lipinski definition) is 3. The summed E-state index contributed by atoms with van der Waals surface area (Å²) in [5.41, 5.74) is 0.897. The van der Waals surface area contributed by atoms with E-state index in [2.05, 4.69) is 42.2 Å². The van der Waals surface area contributed by atoms with Crippen LogP contribution in [0, 0.1) is 0 Å². The molecule has 0 spiro atoms. The maximum absolute atomic E-state index is 5.75. The molecule has 5 heteroatoms. The number of pyridine rings is 1. The summed E-state index contributed by atoms with van der Waals surface area (Å²) in [5, 5.41) is 3.18. The summed E-state index contributed by atoms with van der Waals surface area (Å²) in [6, 6.07) is 11.7. The van der Waals surface area contributed by atoms with E-state index in [1.807, 2.05) is 43.3 Å². The quantitative estimate of drug-likeness (QED) is 0.815. The van der Waals surface area contributed by atoms with Gasteiger partial charge in [-0.25, -0.2) is 4.98 Å². The molecule has 0 fully saturated rings. The summed E-state index contributed by atoms with van der Waals surface area (Å²) in [7, 11) is 0. The van der Waals surface area contributed by atoms with Crippen LogP contribution in [-0.2, 0) is 6.61 Å². The second-order valence-electron chi connectivity index (χ2n) is 3.91. The Kier molecular flexibility index (Phi) is 5.22. The molecule has 0 radical (unpaired) electrons. The predicted octanol–water partition coefficient (Wildman–Crippen LogP) is 4.62. The molecule has 0 saturated carbocycles. The number of nitrogens with one attached hydrogen (secondary N) is 1. The average molecular weight is 386 g/mol. The average Bonchev–Trinajstić information content (AvgIpc) is 2.38. The second-order valence-corrected chi connectivity index (χ2v) is 5.68. The Labute approximate surface area is 129 Å². The van der Waals surface area contributed by atoms with Crippen molar-refractivity contribution in [3.63, 3.8) is 0 Å². The molecule has 0 unspecified atom stereocenters. The molecular formula is C14H14Br2N2O. The molecule has 0 aliphatic carbocycles. The summed E-state index contributed by atoms with van der Waals surface area (Å²) in [5.74, 6) is 1.68. The van der Waals surface area contributed by atoms with Crippen molar-refractivity contribution in [2.45, 2.75) is 13.5 Å². The Balaban J connectivity index is 2.03. The van der Waals surface area contributed by atoms with Gasteiger partial charge in [0.1, 0.15) is 18.2 Å². The van der Waals surface area contributed by atoms with Gasteiger partial charge in [0.2, 0.25) is 0 Å². The van der Waals surface area contributed by atoms with Gasteiger partial charge in [0.15, 0.2) is 0 Å². The Morgan fingerprint density at radius 2 is 2.05 bits per heavy atom. The van der Waals surface area contributed by atoms with Crippen molar-refractivity contribution < 1.29 is 4.74 Å². The lowest BCUT2D eigenvalue weighted by atomic mass is 10.3. The van der Waals surface area contributed by atoms with Crippen LogP contribution in [0.2, 0.25) is 0 Å². The molecule has 0 amide bonds. The van der Waals surface area contributed by atoms with Gasteiger partial charge in [-0.15, -0.1) is 0 Å². The van der Waals surface area contributed by atoms with Crippen molar-refractivity contribution >= 4 is 37.7 Å². The van der Waals surface area contributed by atoms with Gasteiger partial charge in [-0.2, -0.15) is 0 Å². The number of anilines is 1. The highest BCUT2D eigenvalue weighted by Gasteiger charge is 2.03. The zero-order valence-electron chi connectivity index (χ0n) is 10.5. The maximum Gasteiger partial charge on any atom is 0.134 e. The summed E-state index contributed by atoms with van der Waals surface area (Å²) in [4.78, 5) is 4.46. The number of aromatic nitrogens is 1. The van der Waals surface area contributed by atoms with Gasteiger partial charge in [0, 0.05) is 11.0 Å². The van der Waals surface area contributed by atoms with Gasteiger partial charge in [-0.1, -0.05) is 22.0 Å².